The van der Waals surface area contributed by atoms with Gasteiger partial charge in [0.1, 0.15) is 0 Å². The Balaban J connectivity index is 1.87. The van der Waals surface area contributed by atoms with Crippen molar-refractivity contribution < 1.29 is 0 Å². The quantitative estimate of drug-likeness (QED) is 0.616. The maximum absolute atomic E-state index is 3.44. The third kappa shape index (κ3) is 2.03. The standard InChI is InChI=1S/C10H21N3/c1-9-8-13(6-5-12(9)2)10-3-4-11-7-10/h9-11H,3-8H2,1-2H3/t9-,10-/m1/s1. The number of nitrogens with one attached hydrogen (secondary N) is 1. The van der Waals surface area contributed by atoms with Crippen LogP contribution in [0.15, 0.2) is 0 Å². The van der Waals surface area contributed by atoms with Crippen LogP contribution < -0.4 is 5.32 Å². The van der Waals surface area contributed by atoms with Crippen LogP contribution in [0.4, 0.5) is 0 Å². The van der Waals surface area contributed by atoms with Gasteiger partial charge in [-0.2, -0.15) is 0 Å². The molecule has 1 N–H and O–H groups in total. The maximum atomic E-state index is 3.44. The summed E-state index contributed by atoms with van der Waals surface area (Å²) in [7, 11) is 2.23. The van der Waals surface area contributed by atoms with E-state index in [1.165, 1.54) is 39.1 Å². The molecule has 0 spiro atoms. The van der Waals surface area contributed by atoms with Gasteiger partial charge in [-0.25, -0.2) is 0 Å². The molecule has 2 rings (SSSR count). The third-order valence-corrected chi connectivity index (χ3v) is 3.54. The summed E-state index contributed by atoms with van der Waals surface area (Å²) in [5, 5.41) is 3.44. The predicted octanol–water partition coefficient (Wildman–Crippen LogP) is -0.0158. The first kappa shape index (κ1) is 9.44. The maximum Gasteiger partial charge on any atom is 0.0233 e. The zero-order valence-corrected chi connectivity index (χ0v) is 8.79. The topological polar surface area (TPSA) is 18.5 Å². The fourth-order valence-electron chi connectivity index (χ4n) is 2.36. The molecule has 2 atom stereocenters. The molecule has 0 saturated carbocycles. The van der Waals surface area contributed by atoms with Gasteiger partial charge in [0, 0.05) is 38.3 Å². The summed E-state index contributed by atoms with van der Waals surface area (Å²) < 4.78 is 0. The van der Waals surface area contributed by atoms with Crippen molar-refractivity contribution in [3.05, 3.63) is 0 Å². The Morgan fingerprint density at radius 2 is 2.15 bits per heavy atom. The van der Waals surface area contributed by atoms with Crippen molar-refractivity contribution in [1.29, 1.82) is 0 Å². The molecule has 2 heterocycles. The van der Waals surface area contributed by atoms with E-state index < -0.39 is 0 Å². The van der Waals surface area contributed by atoms with Gasteiger partial charge in [-0.05, 0) is 26.9 Å². The Morgan fingerprint density at radius 3 is 2.77 bits per heavy atom. The summed E-state index contributed by atoms with van der Waals surface area (Å²) in [5.41, 5.74) is 0. The van der Waals surface area contributed by atoms with Crippen LogP contribution in [0.3, 0.4) is 0 Å². The molecule has 0 amide bonds. The molecule has 2 fully saturated rings. The molecule has 0 unspecified atom stereocenters. The molecule has 3 heteroatoms. The van der Waals surface area contributed by atoms with E-state index >= 15 is 0 Å². The zero-order valence-electron chi connectivity index (χ0n) is 8.79. The number of hydrogen-bond acceptors (Lipinski definition) is 3. The molecule has 2 aliphatic heterocycles. The lowest BCUT2D eigenvalue weighted by atomic mass is 10.1. The van der Waals surface area contributed by atoms with Gasteiger partial charge in [-0.15, -0.1) is 0 Å². The molecule has 13 heavy (non-hydrogen) atoms. The van der Waals surface area contributed by atoms with Gasteiger partial charge in [0.15, 0.2) is 0 Å². The van der Waals surface area contributed by atoms with Gasteiger partial charge in [-0.1, -0.05) is 0 Å². The average Bonchev–Trinajstić information content (AvgIpc) is 2.62. The van der Waals surface area contributed by atoms with Crippen LogP contribution >= 0.6 is 0 Å². The average molecular weight is 183 g/mol. The molecule has 2 aliphatic rings. The van der Waals surface area contributed by atoms with Crippen molar-refractivity contribution in [2.45, 2.75) is 25.4 Å². The Labute approximate surface area is 81.1 Å². The molecule has 0 radical (unpaired) electrons. The number of hydrogen-bond donors (Lipinski definition) is 1. The van der Waals surface area contributed by atoms with Crippen LogP contribution in [0, 0.1) is 0 Å². The van der Waals surface area contributed by atoms with E-state index in [0.717, 1.165) is 12.1 Å². The van der Waals surface area contributed by atoms with Crippen LogP contribution in [0.1, 0.15) is 13.3 Å². The predicted molar refractivity (Wildman–Crippen MR) is 54.9 cm³/mol. The largest absolute Gasteiger partial charge is 0.315 e. The molecule has 76 valence electrons. The second-order valence-electron chi connectivity index (χ2n) is 4.47. The number of piperazine rings is 1. The van der Waals surface area contributed by atoms with E-state index in [2.05, 4.69) is 29.1 Å². The highest BCUT2D eigenvalue weighted by atomic mass is 15.3. The molecular formula is C10H21N3. The van der Waals surface area contributed by atoms with Gasteiger partial charge in [-0.3, -0.25) is 4.90 Å². The second kappa shape index (κ2) is 3.95. The van der Waals surface area contributed by atoms with E-state index in [0.29, 0.717) is 0 Å². The van der Waals surface area contributed by atoms with Crippen molar-refractivity contribution in [2.24, 2.45) is 0 Å². The van der Waals surface area contributed by atoms with Crippen molar-refractivity contribution in [3.63, 3.8) is 0 Å². The summed E-state index contributed by atoms with van der Waals surface area (Å²) in [4.78, 5) is 5.11. The van der Waals surface area contributed by atoms with Crippen LogP contribution in [0.2, 0.25) is 0 Å². The van der Waals surface area contributed by atoms with E-state index in [1.807, 2.05) is 0 Å². The molecule has 0 aromatic rings. The minimum absolute atomic E-state index is 0.731. The van der Waals surface area contributed by atoms with E-state index in [4.69, 9.17) is 0 Å². The molecule has 0 bridgehead atoms. The molecule has 0 aromatic carbocycles. The van der Waals surface area contributed by atoms with E-state index in [1.54, 1.807) is 0 Å². The minimum atomic E-state index is 0.731. The van der Waals surface area contributed by atoms with Crippen LogP contribution in [0.5, 0.6) is 0 Å². The van der Waals surface area contributed by atoms with Crippen LogP contribution in [-0.2, 0) is 0 Å². The van der Waals surface area contributed by atoms with Crippen LogP contribution in [0.25, 0.3) is 0 Å². The Hall–Kier alpha value is -0.120. The van der Waals surface area contributed by atoms with Crippen LogP contribution in [-0.4, -0.2) is 61.7 Å². The molecule has 3 nitrogen and oxygen atoms in total. The first-order valence-corrected chi connectivity index (χ1v) is 5.42. The molecule has 0 aliphatic carbocycles. The van der Waals surface area contributed by atoms with Gasteiger partial charge in [0.05, 0.1) is 0 Å². The Bertz CT molecular complexity index is 166. The summed E-state index contributed by atoms with van der Waals surface area (Å²) >= 11 is 0. The Morgan fingerprint density at radius 1 is 1.31 bits per heavy atom. The number of likely N-dealkylation sites (N-methyl/N-ethyl adjacent to an activating group) is 1. The van der Waals surface area contributed by atoms with Crippen molar-refractivity contribution in [1.82, 2.24) is 15.1 Å². The normalized spacial score (nSPS) is 38.3. The highest BCUT2D eigenvalue weighted by molar-refractivity contribution is 4.86. The fourth-order valence-corrected chi connectivity index (χ4v) is 2.36. The highest BCUT2D eigenvalue weighted by Crippen LogP contribution is 2.14. The molecule has 0 aromatic heterocycles. The lowest BCUT2D eigenvalue weighted by Crippen LogP contribution is -2.53. The van der Waals surface area contributed by atoms with Crippen molar-refractivity contribution >= 4 is 0 Å². The minimum Gasteiger partial charge on any atom is -0.315 e. The fraction of sp³-hybridized carbons (Fsp3) is 1.00. The van der Waals surface area contributed by atoms with E-state index in [-0.39, 0.29) is 0 Å². The summed E-state index contributed by atoms with van der Waals surface area (Å²) in [6.07, 6.45) is 1.34. The zero-order chi connectivity index (χ0) is 9.26. The van der Waals surface area contributed by atoms with Gasteiger partial charge >= 0.3 is 0 Å². The van der Waals surface area contributed by atoms with Crippen molar-refractivity contribution in [3.8, 4) is 0 Å². The lowest BCUT2D eigenvalue weighted by molar-refractivity contribution is 0.0779. The summed E-state index contributed by atoms with van der Waals surface area (Å²) in [6.45, 7) is 8.49. The number of nitrogens with zero attached hydrogens (tertiary/aromatic N) is 2. The summed E-state index contributed by atoms with van der Waals surface area (Å²) in [6, 6.07) is 1.55. The number of rotatable bonds is 1. The van der Waals surface area contributed by atoms with Gasteiger partial charge in [0.2, 0.25) is 0 Å². The third-order valence-electron chi connectivity index (χ3n) is 3.54. The van der Waals surface area contributed by atoms with Gasteiger partial charge < -0.3 is 10.2 Å². The lowest BCUT2D eigenvalue weighted by Gasteiger charge is -2.40. The SMILES string of the molecule is C[C@@H]1CN([C@@H]2CCNC2)CCN1C. The second-order valence-corrected chi connectivity index (χ2v) is 4.47. The first-order valence-electron chi connectivity index (χ1n) is 5.42. The monoisotopic (exact) mass is 183 g/mol. The smallest absolute Gasteiger partial charge is 0.0233 e. The molecule has 2 saturated heterocycles. The Kier molecular flexibility index (Phi) is 2.86. The highest BCUT2D eigenvalue weighted by Gasteiger charge is 2.27. The van der Waals surface area contributed by atoms with Crippen molar-refractivity contribution in [2.75, 3.05) is 39.8 Å². The molecular weight excluding hydrogens is 162 g/mol. The summed E-state index contributed by atoms with van der Waals surface area (Å²) in [5.74, 6) is 0. The first-order chi connectivity index (χ1) is 6.27. The van der Waals surface area contributed by atoms with E-state index in [9.17, 15) is 0 Å². The van der Waals surface area contributed by atoms with Gasteiger partial charge in [0.25, 0.3) is 0 Å².